The number of hydrogen-bond donors (Lipinski definition) is 0. The molecule has 25 heavy (non-hydrogen) atoms. The molecule has 5 heteroatoms. The average molecular weight is 383 g/mol. The van der Waals surface area contributed by atoms with Crippen LogP contribution in [-0.4, -0.2) is 49.7 Å². The van der Waals surface area contributed by atoms with Gasteiger partial charge in [-0.1, -0.05) is 79.1 Å². The molecule has 0 rings (SSSR count). The molecule has 0 radical (unpaired) electrons. The molecule has 0 N–H and O–H groups in total. The zero-order valence-corrected chi connectivity index (χ0v) is 19.2. The van der Waals surface area contributed by atoms with Crippen LogP contribution in [0.1, 0.15) is 105 Å². The van der Waals surface area contributed by atoms with E-state index in [1.165, 1.54) is 0 Å². The Balaban J connectivity index is -0.000000372. The molecular formula is C20H38CaO4. The fourth-order valence-electron chi connectivity index (χ4n) is 3.14. The summed E-state index contributed by atoms with van der Waals surface area (Å²) in [5, 5.41) is 20.4. The molecule has 0 aliphatic heterocycles. The van der Waals surface area contributed by atoms with Crippen LogP contribution in [-0.2, 0) is 9.59 Å². The second-order valence-electron chi connectivity index (χ2n) is 6.71. The summed E-state index contributed by atoms with van der Waals surface area (Å²) in [7, 11) is 0. The minimum absolute atomic E-state index is 0. The van der Waals surface area contributed by atoms with Crippen LogP contribution in [0, 0.1) is 11.8 Å². The van der Waals surface area contributed by atoms with E-state index in [2.05, 4.69) is 27.7 Å². The smallest absolute Gasteiger partial charge is 0.550 e. The summed E-state index contributed by atoms with van der Waals surface area (Å²) in [5.74, 6) is -0.629. The van der Waals surface area contributed by atoms with Crippen molar-refractivity contribution in [2.45, 2.75) is 105 Å². The van der Waals surface area contributed by atoms with Crippen LogP contribution < -0.4 is 10.2 Å². The molecule has 0 atom stereocenters. The van der Waals surface area contributed by atoms with Crippen molar-refractivity contribution in [3.05, 3.63) is 0 Å². The Bertz CT molecular complexity index is 266. The van der Waals surface area contributed by atoms with Crippen LogP contribution in [0.2, 0.25) is 0 Å². The van der Waals surface area contributed by atoms with Gasteiger partial charge < -0.3 is 19.8 Å². The van der Waals surface area contributed by atoms with Crippen molar-refractivity contribution in [1.29, 1.82) is 0 Å². The Morgan fingerprint density at radius 1 is 0.600 bits per heavy atom. The summed E-state index contributed by atoms with van der Waals surface area (Å²) in [6.07, 6.45) is 11.3. The van der Waals surface area contributed by atoms with E-state index >= 15 is 0 Å². The number of carboxylic acid groups (broad SMARTS) is 2. The second kappa shape index (κ2) is 22.2. The van der Waals surface area contributed by atoms with Gasteiger partial charge in [-0.2, -0.15) is 0 Å². The largest absolute Gasteiger partial charge is 2.00 e. The zero-order chi connectivity index (χ0) is 18.8. The quantitative estimate of drug-likeness (QED) is 0.432. The Morgan fingerprint density at radius 2 is 0.840 bits per heavy atom. The van der Waals surface area contributed by atoms with E-state index in [0.717, 1.165) is 64.2 Å². The Morgan fingerprint density at radius 3 is 1.00 bits per heavy atom. The maximum absolute atomic E-state index is 10.2. The molecule has 0 aromatic rings. The summed E-state index contributed by atoms with van der Waals surface area (Å²) in [6, 6.07) is 0. The van der Waals surface area contributed by atoms with Crippen LogP contribution >= 0.6 is 0 Å². The van der Waals surface area contributed by atoms with Crippen molar-refractivity contribution in [3.8, 4) is 0 Å². The van der Waals surface area contributed by atoms with Crippen molar-refractivity contribution in [2.24, 2.45) is 11.8 Å². The van der Waals surface area contributed by atoms with Gasteiger partial charge in [-0.05, 0) is 37.5 Å². The molecule has 0 bridgehead atoms. The SMILES string of the molecule is CCCC(CCC)CCC(=O)[O-].CCCC(CCC)CCC(=O)[O-].[Ca+2]. The molecule has 0 aromatic heterocycles. The molecule has 0 aromatic carbocycles. The van der Waals surface area contributed by atoms with E-state index in [1.54, 1.807) is 0 Å². The summed E-state index contributed by atoms with van der Waals surface area (Å²) < 4.78 is 0. The van der Waals surface area contributed by atoms with Crippen molar-refractivity contribution in [3.63, 3.8) is 0 Å². The summed E-state index contributed by atoms with van der Waals surface area (Å²) in [6.45, 7) is 8.56. The predicted molar refractivity (Wildman–Crippen MR) is 101 cm³/mol. The third kappa shape index (κ3) is 24.2. The van der Waals surface area contributed by atoms with Crippen LogP contribution in [0.3, 0.4) is 0 Å². The van der Waals surface area contributed by atoms with E-state index in [4.69, 9.17) is 0 Å². The van der Waals surface area contributed by atoms with Crippen molar-refractivity contribution in [2.75, 3.05) is 0 Å². The van der Waals surface area contributed by atoms with Gasteiger partial charge in [-0.25, -0.2) is 0 Å². The van der Waals surface area contributed by atoms with Crippen molar-refractivity contribution < 1.29 is 19.8 Å². The van der Waals surface area contributed by atoms with Gasteiger partial charge in [0, 0.05) is 11.9 Å². The van der Waals surface area contributed by atoms with E-state index in [0.29, 0.717) is 11.8 Å². The molecule has 0 spiro atoms. The molecular weight excluding hydrogens is 344 g/mol. The number of carbonyl (C=O) groups is 2. The van der Waals surface area contributed by atoms with Gasteiger partial charge in [0.05, 0.1) is 0 Å². The number of aliphatic carboxylic acids is 2. The summed E-state index contributed by atoms with van der Waals surface area (Å²) in [5.41, 5.74) is 0. The van der Waals surface area contributed by atoms with Gasteiger partial charge in [0.15, 0.2) is 0 Å². The molecule has 0 aliphatic rings. The normalized spacial score (nSPS) is 10.2. The van der Waals surface area contributed by atoms with Crippen LogP contribution in [0.15, 0.2) is 0 Å². The molecule has 0 saturated heterocycles. The predicted octanol–water partition coefficient (Wildman–Crippen LogP) is 3.09. The number of carbonyl (C=O) groups excluding carboxylic acids is 2. The zero-order valence-electron chi connectivity index (χ0n) is 17.0. The van der Waals surface area contributed by atoms with Gasteiger partial charge >= 0.3 is 37.7 Å². The first-order valence-corrected chi connectivity index (χ1v) is 9.80. The second-order valence-corrected chi connectivity index (χ2v) is 6.71. The minimum atomic E-state index is -0.910. The Labute approximate surface area is 185 Å². The Hall–Kier alpha value is 0.200. The third-order valence-electron chi connectivity index (χ3n) is 4.30. The molecule has 0 saturated carbocycles. The first kappa shape index (κ1) is 29.9. The molecule has 0 unspecified atom stereocenters. The summed E-state index contributed by atoms with van der Waals surface area (Å²) in [4.78, 5) is 20.4. The van der Waals surface area contributed by atoms with Gasteiger partial charge in [0.2, 0.25) is 0 Å². The molecule has 0 amide bonds. The first-order chi connectivity index (χ1) is 11.4. The van der Waals surface area contributed by atoms with Crippen LogP contribution in [0.4, 0.5) is 0 Å². The molecule has 0 fully saturated rings. The van der Waals surface area contributed by atoms with E-state index in [1.807, 2.05) is 0 Å². The van der Waals surface area contributed by atoms with Gasteiger partial charge in [-0.3, -0.25) is 0 Å². The van der Waals surface area contributed by atoms with Gasteiger partial charge in [-0.15, -0.1) is 0 Å². The topological polar surface area (TPSA) is 80.3 Å². The molecule has 144 valence electrons. The minimum Gasteiger partial charge on any atom is -0.550 e. The fourth-order valence-corrected chi connectivity index (χ4v) is 3.14. The maximum Gasteiger partial charge on any atom is 2.00 e. The van der Waals surface area contributed by atoms with Crippen molar-refractivity contribution in [1.82, 2.24) is 0 Å². The monoisotopic (exact) mass is 382 g/mol. The van der Waals surface area contributed by atoms with Crippen LogP contribution in [0.5, 0.6) is 0 Å². The number of rotatable bonds is 14. The number of carboxylic acids is 2. The average Bonchev–Trinajstić information content (AvgIpc) is 2.52. The van der Waals surface area contributed by atoms with E-state index in [-0.39, 0.29) is 50.6 Å². The Kier molecular flexibility index (Phi) is 26.6. The molecule has 4 nitrogen and oxygen atoms in total. The van der Waals surface area contributed by atoms with Crippen molar-refractivity contribution >= 4 is 49.7 Å². The standard InChI is InChI=1S/2C10H20O2.Ca/c2*1-3-5-9(6-4-2)7-8-10(11)12;/h2*9H,3-8H2,1-2H3,(H,11,12);/q;;+2/p-2. The third-order valence-corrected chi connectivity index (χ3v) is 4.30. The van der Waals surface area contributed by atoms with E-state index in [9.17, 15) is 19.8 Å². The number of hydrogen-bond acceptors (Lipinski definition) is 4. The molecule has 0 aliphatic carbocycles. The maximum atomic E-state index is 10.2. The van der Waals surface area contributed by atoms with E-state index < -0.39 is 11.9 Å². The van der Waals surface area contributed by atoms with Gasteiger partial charge in [0.1, 0.15) is 0 Å². The van der Waals surface area contributed by atoms with Gasteiger partial charge in [0.25, 0.3) is 0 Å². The molecule has 0 heterocycles. The summed E-state index contributed by atoms with van der Waals surface area (Å²) >= 11 is 0. The fraction of sp³-hybridized carbons (Fsp3) is 0.900. The first-order valence-electron chi connectivity index (χ1n) is 9.80. The van der Waals surface area contributed by atoms with Crippen LogP contribution in [0.25, 0.3) is 0 Å².